The molecule has 6 nitrogen and oxygen atoms in total. The molecule has 1 N–H and O–H groups in total. The third-order valence-corrected chi connectivity index (χ3v) is 3.49. The molecule has 1 amide bonds. The molecule has 23 heavy (non-hydrogen) atoms. The Hall–Kier alpha value is -2.21. The second-order valence-electron chi connectivity index (χ2n) is 5.49. The van der Waals surface area contributed by atoms with Gasteiger partial charge in [-0.1, -0.05) is 19.4 Å². The Bertz CT molecular complexity index is 725. The number of hydrogen-bond donors (Lipinski definition) is 1. The topological polar surface area (TPSA) is 72.7 Å². The molecule has 0 bridgehead atoms. The van der Waals surface area contributed by atoms with E-state index in [-0.39, 0.29) is 11.1 Å². The number of unbranched alkanes of at least 4 members (excludes halogenated alkanes) is 1. The fourth-order valence-electron chi connectivity index (χ4n) is 2.16. The number of ether oxygens (including phenoxy) is 1. The van der Waals surface area contributed by atoms with E-state index in [4.69, 9.17) is 4.74 Å². The average molecular weight is 317 g/mol. The van der Waals surface area contributed by atoms with Crippen molar-refractivity contribution < 1.29 is 9.53 Å². The maximum Gasteiger partial charge on any atom is 0.270 e. The van der Waals surface area contributed by atoms with E-state index >= 15 is 0 Å². The van der Waals surface area contributed by atoms with E-state index in [2.05, 4.69) is 17.2 Å². The van der Waals surface area contributed by atoms with Gasteiger partial charge < -0.3 is 10.1 Å². The summed E-state index contributed by atoms with van der Waals surface area (Å²) in [6.07, 6.45) is 5.89. The highest BCUT2D eigenvalue weighted by Gasteiger charge is 2.12. The van der Waals surface area contributed by atoms with Crippen LogP contribution in [-0.2, 0) is 4.74 Å². The van der Waals surface area contributed by atoms with E-state index in [0.717, 1.165) is 31.4 Å². The third kappa shape index (κ3) is 4.63. The molecule has 0 unspecified atom stereocenters. The molecule has 0 atom stereocenters. The number of aryl methyl sites for hydroxylation is 1. The van der Waals surface area contributed by atoms with Crippen molar-refractivity contribution in [2.75, 3.05) is 19.8 Å². The van der Waals surface area contributed by atoms with Crippen molar-refractivity contribution in [1.29, 1.82) is 0 Å². The second-order valence-corrected chi connectivity index (χ2v) is 5.49. The number of rotatable bonds is 8. The number of carbonyl (C=O) groups excluding carboxylic acids is 1. The second kappa shape index (κ2) is 8.43. The van der Waals surface area contributed by atoms with Gasteiger partial charge in [0.25, 0.3) is 11.5 Å². The molecule has 0 aromatic carbocycles. The Balaban J connectivity index is 1.93. The predicted molar refractivity (Wildman–Crippen MR) is 88.9 cm³/mol. The van der Waals surface area contributed by atoms with Crippen molar-refractivity contribution in [2.24, 2.45) is 0 Å². The molecule has 2 aromatic heterocycles. The first kappa shape index (κ1) is 17.1. The van der Waals surface area contributed by atoms with Crippen molar-refractivity contribution >= 4 is 11.6 Å². The zero-order valence-electron chi connectivity index (χ0n) is 13.7. The van der Waals surface area contributed by atoms with Crippen LogP contribution in [0.25, 0.3) is 5.65 Å². The lowest BCUT2D eigenvalue weighted by Gasteiger charge is -2.07. The molecule has 0 saturated carbocycles. The van der Waals surface area contributed by atoms with Crippen LogP contribution in [0.1, 0.15) is 42.1 Å². The molecule has 2 rings (SSSR count). The summed E-state index contributed by atoms with van der Waals surface area (Å²) in [7, 11) is 0. The van der Waals surface area contributed by atoms with Gasteiger partial charge in [0, 0.05) is 32.2 Å². The zero-order valence-corrected chi connectivity index (χ0v) is 13.7. The van der Waals surface area contributed by atoms with E-state index < -0.39 is 5.91 Å². The van der Waals surface area contributed by atoms with Gasteiger partial charge in [0.1, 0.15) is 11.2 Å². The predicted octanol–water partition coefficient (Wildman–Crippen LogP) is 1.94. The Morgan fingerprint density at radius 1 is 1.30 bits per heavy atom. The van der Waals surface area contributed by atoms with Crippen LogP contribution in [0.4, 0.5) is 0 Å². The fraction of sp³-hybridized carbons (Fsp3) is 0.471. The van der Waals surface area contributed by atoms with Crippen molar-refractivity contribution in [1.82, 2.24) is 14.7 Å². The maximum absolute atomic E-state index is 12.4. The summed E-state index contributed by atoms with van der Waals surface area (Å²) in [5.41, 5.74) is 1.17. The highest BCUT2D eigenvalue weighted by atomic mass is 16.5. The summed E-state index contributed by atoms with van der Waals surface area (Å²) in [5.74, 6) is -0.396. The molecule has 0 fully saturated rings. The van der Waals surface area contributed by atoms with Gasteiger partial charge in [-0.2, -0.15) is 0 Å². The molecule has 6 heteroatoms. The standard InChI is InChI=1S/C17H23N3O3/c1-3-4-9-23-10-5-8-18-16(21)14-11-19-15-7-6-13(2)12-20(15)17(14)22/h6-7,11-12H,3-5,8-10H2,1-2H3,(H,18,21). The molecule has 124 valence electrons. The largest absolute Gasteiger partial charge is 0.381 e. The number of fused-ring (bicyclic) bond motifs is 1. The number of pyridine rings is 1. The van der Waals surface area contributed by atoms with Gasteiger partial charge in [0.15, 0.2) is 0 Å². The van der Waals surface area contributed by atoms with Crippen molar-refractivity contribution in [3.05, 3.63) is 46.0 Å². The lowest BCUT2D eigenvalue weighted by molar-refractivity contribution is 0.0938. The first-order chi connectivity index (χ1) is 11.1. The smallest absolute Gasteiger partial charge is 0.270 e. The van der Waals surface area contributed by atoms with Crippen LogP contribution in [0, 0.1) is 6.92 Å². The summed E-state index contributed by atoms with van der Waals surface area (Å²) in [5, 5.41) is 2.74. The van der Waals surface area contributed by atoms with E-state index in [9.17, 15) is 9.59 Å². The highest BCUT2D eigenvalue weighted by Crippen LogP contribution is 2.01. The molecule has 0 aliphatic heterocycles. The number of carbonyl (C=O) groups is 1. The van der Waals surface area contributed by atoms with Crippen molar-refractivity contribution in [3.63, 3.8) is 0 Å². The summed E-state index contributed by atoms with van der Waals surface area (Å²) >= 11 is 0. The van der Waals surface area contributed by atoms with Gasteiger partial charge in [-0.15, -0.1) is 0 Å². The van der Waals surface area contributed by atoms with Crippen molar-refractivity contribution in [3.8, 4) is 0 Å². The molecular formula is C17H23N3O3. The molecule has 0 spiro atoms. The van der Waals surface area contributed by atoms with Crippen LogP contribution in [0.2, 0.25) is 0 Å². The van der Waals surface area contributed by atoms with Gasteiger partial charge >= 0.3 is 0 Å². The van der Waals surface area contributed by atoms with Crippen LogP contribution in [-0.4, -0.2) is 35.1 Å². The number of nitrogens with zero attached hydrogens (tertiary/aromatic N) is 2. The Labute approximate surface area is 135 Å². The Morgan fingerprint density at radius 3 is 2.87 bits per heavy atom. The molecule has 2 heterocycles. The van der Waals surface area contributed by atoms with E-state index in [1.807, 2.05) is 13.0 Å². The quantitative estimate of drug-likeness (QED) is 0.755. The third-order valence-electron chi connectivity index (χ3n) is 3.49. The number of nitrogens with one attached hydrogen (secondary N) is 1. The van der Waals surface area contributed by atoms with Crippen LogP contribution >= 0.6 is 0 Å². The van der Waals surface area contributed by atoms with Gasteiger partial charge in [-0.3, -0.25) is 14.0 Å². The summed E-state index contributed by atoms with van der Waals surface area (Å²) < 4.78 is 6.83. The lowest BCUT2D eigenvalue weighted by atomic mass is 10.2. The monoisotopic (exact) mass is 317 g/mol. The average Bonchev–Trinajstić information content (AvgIpc) is 2.54. The normalized spacial score (nSPS) is 10.9. The lowest BCUT2D eigenvalue weighted by Crippen LogP contribution is -2.32. The summed E-state index contributed by atoms with van der Waals surface area (Å²) in [6.45, 7) is 5.83. The number of hydrogen-bond acceptors (Lipinski definition) is 4. The van der Waals surface area contributed by atoms with Gasteiger partial charge in [0.05, 0.1) is 0 Å². The minimum Gasteiger partial charge on any atom is -0.381 e. The minimum atomic E-state index is -0.396. The minimum absolute atomic E-state index is 0.0556. The molecule has 0 aliphatic carbocycles. The van der Waals surface area contributed by atoms with Gasteiger partial charge in [-0.05, 0) is 31.4 Å². The SMILES string of the molecule is CCCCOCCCNC(=O)c1cnc2ccc(C)cn2c1=O. The Morgan fingerprint density at radius 2 is 2.09 bits per heavy atom. The molecule has 0 radical (unpaired) electrons. The maximum atomic E-state index is 12.4. The van der Waals surface area contributed by atoms with Crippen molar-refractivity contribution in [2.45, 2.75) is 33.1 Å². The van der Waals surface area contributed by atoms with Gasteiger partial charge in [-0.25, -0.2) is 4.98 Å². The number of aromatic nitrogens is 2. The molecule has 0 aliphatic rings. The van der Waals surface area contributed by atoms with E-state index in [1.54, 1.807) is 12.3 Å². The van der Waals surface area contributed by atoms with Crippen LogP contribution in [0.15, 0.2) is 29.3 Å². The van der Waals surface area contributed by atoms with Crippen LogP contribution < -0.4 is 10.9 Å². The zero-order chi connectivity index (χ0) is 16.7. The van der Waals surface area contributed by atoms with Crippen LogP contribution in [0.3, 0.4) is 0 Å². The van der Waals surface area contributed by atoms with E-state index in [1.165, 1.54) is 10.6 Å². The Kier molecular flexibility index (Phi) is 6.29. The first-order valence-electron chi connectivity index (χ1n) is 7.97. The van der Waals surface area contributed by atoms with E-state index in [0.29, 0.717) is 18.8 Å². The fourth-order valence-corrected chi connectivity index (χ4v) is 2.16. The number of amides is 1. The first-order valence-corrected chi connectivity index (χ1v) is 7.97. The molecule has 2 aromatic rings. The summed E-state index contributed by atoms with van der Waals surface area (Å²) in [6, 6.07) is 3.63. The molecule has 0 saturated heterocycles. The molecular weight excluding hydrogens is 294 g/mol. The summed E-state index contributed by atoms with van der Waals surface area (Å²) in [4.78, 5) is 28.7. The van der Waals surface area contributed by atoms with Gasteiger partial charge in [0.2, 0.25) is 0 Å². The highest BCUT2D eigenvalue weighted by molar-refractivity contribution is 5.93. The van der Waals surface area contributed by atoms with Crippen LogP contribution in [0.5, 0.6) is 0 Å².